The van der Waals surface area contributed by atoms with Gasteiger partial charge in [0.2, 0.25) is 11.8 Å². The number of hydrogen-bond donors (Lipinski definition) is 5. The Hall–Kier alpha value is -14.7. The molecule has 16 rings (SSSR count). The molecular weight excluding hydrogens is 1720 g/mol. The molecule has 35 heteroatoms. The number of rotatable bonds is 20. The minimum absolute atomic E-state index is 0.0181. The summed E-state index contributed by atoms with van der Waals surface area (Å²) in [6.07, 6.45) is 5.53. The van der Waals surface area contributed by atoms with Gasteiger partial charge in [-0.2, -0.15) is 13.2 Å². The van der Waals surface area contributed by atoms with E-state index in [0.717, 1.165) is 65.3 Å². The largest absolute Gasteiger partial charge is 0.496 e. The molecule has 0 aliphatic carbocycles. The van der Waals surface area contributed by atoms with Gasteiger partial charge in [0, 0.05) is 152 Å². The Balaban J connectivity index is 0.000000160. The molecule has 2 saturated heterocycles. The maximum absolute atomic E-state index is 16.1. The summed E-state index contributed by atoms with van der Waals surface area (Å²) in [5.74, 6) is -6.05. The third-order valence-electron chi connectivity index (χ3n) is 22.3. The Bertz CT molecular complexity index is 7060. The van der Waals surface area contributed by atoms with Crippen molar-refractivity contribution in [3.8, 4) is 84.0 Å². The molecule has 0 saturated carbocycles. The van der Waals surface area contributed by atoms with E-state index in [9.17, 15) is 63.2 Å². The number of halogens is 6. The summed E-state index contributed by atoms with van der Waals surface area (Å²) in [6, 6.07) is 45.9. The smallest absolute Gasteiger partial charge is 0.471 e. The maximum atomic E-state index is 16.1. The number of H-pyrrole nitrogens is 1. The van der Waals surface area contributed by atoms with Crippen molar-refractivity contribution >= 4 is 106 Å². The van der Waals surface area contributed by atoms with Crippen molar-refractivity contribution in [3.63, 3.8) is 0 Å². The van der Waals surface area contributed by atoms with Crippen LogP contribution in [0.5, 0.6) is 17.2 Å². The van der Waals surface area contributed by atoms with E-state index in [-0.39, 0.29) is 85.6 Å². The second kappa shape index (κ2) is 37.3. The number of anilines is 3. The predicted molar refractivity (Wildman–Crippen MR) is 483 cm³/mol. The lowest BCUT2D eigenvalue weighted by Crippen LogP contribution is -2.48. The maximum Gasteiger partial charge on any atom is 0.471 e. The molecule has 2 aliphatic rings. The number of alkyl halides is 3. The molecule has 2 fully saturated rings. The highest BCUT2D eigenvalue weighted by atomic mass is 32.2. The summed E-state index contributed by atoms with van der Waals surface area (Å²) in [4.78, 5) is 98.1. The van der Waals surface area contributed by atoms with Gasteiger partial charge in [-0.1, -0.05) is 90.0 Å². The van der Waals surface area contributed by atoms with Crippen molar-refractivity contribution in [1.29, 1.82) is 0 Å². The van der Waals surface area contributed by atoms with Crippen LogP contribution in [0.3, 0.4) is 0 Å². The van der Waals surface area contributed by atoms with Gasteiger partial charge in [0.05, 0.1) is 70.9 Å². The van der Waals surface area contributed by atoms with E-state index in [0.29, 0.717) is 83.7 Å². The van der Waals surface area contributed by atoms with Gasteiger partial charge in [-0.05, 0) is 160 Å². The molecule has 0 spiro atoms. The fourth-order valence-corrected chi connectivity index (χ4v) is 18.1. The van der Waals surface area contributed by atoms with E-state index in [1.165, 1.54) is 99.3 Å². The summed E-state index contributed by atoms with van der Waals surface area (Å²) in [7, 11) is 5.50. The van der Waals surface area contributed by atoms with Gasteiger partial charge in [-0.15, -0.1) is 0 Å². The average molecular weight is 1810 g/mol. The molecule has 0 bridgehead atoms. The van der Waals surface area contributed by atoms with Gasteiger partial charge in [0.1, 0.15) is 46.4 Å². The molecule has 0 unspecified atom stereocenters. The number of aromatic nitrogens is 6. The number of aryl methyl sites for hydroxylation is 2. The number of hydrogen-bond acceptors (Lipinski definition) is 18. The zero-order valence-corrected chi connectivity index (χ0v) is 73.7. The number of nitrogens with one attached hydrogen (secondary N) is 4. The van der Waals surface area contributed by atoms with Crippen LogP contribution in [0.25, 0.3) is 99.9 Å². The molecule has 6 N–H and O–H groups in total. The number of para-hydroxylation sites is 3. The molecule has 27 nitrogen and oxygen atoms in total. The van der Waals surface area contributed by atoms with Gasteiger partial charge in [-0.3, -0.25) is 28.8 Å². The molecule has 130 heavy (non-hydrogen) atoms. The molecule has 8 aromatic carbocycles. The van der Waals surface area contributed by atoms with E-state index >= 15 is 8.78 Å². The number of methoxy groups -OCH3 is 3. The van der Waals surface area contributed by atoms with Crippen molar-refractivity contribution in [2.45, 2.75) is 67.6 Å². The summed E-state index contributed by atoms with van der Waals surface area (Å²) >= 11 is 0. The molecule has 6 amide bonds. The van der Waals surface area contributed by atoms with Crippen molar-refractivity contribution < 1.29 is 86.2 Å². The molecule has 8 heterocycles. The van der Waals surface area contributed by atoms with Crippen molar-refractivity contribution in [3.05, 3.63) is 258 Å². The number of nitrogen functional groups attached to an aromatic ring is 1. The normalized spacial score (nSPS) is 13.8. The van der Waals surface area contributed by atoms with Gasteiger partial charge in [-0.25, -0.2) is 52.9 Å². The minimum Gasteiger partial charge on any atom is -0.496 e. The van der Waals surface area contributed by atoms with Gasteiger partial charge in [0.15, 0.2) is 11.3 Å². The first-order chi connectivity index (χ1) is 61.9. The van der Waals surface area contributed by atoms with E-state index in [4.69, 9.17) is 19.9 Å². The number of pyridine rings is 3. The third kappa shape index (κ3) is 18.3. The Kier molecular flexibility index (Phi) is 26.3. The minimum atomic E-state index is -5.21. The highest BCUT2D eigenvalue weighted by molar-refractivity contribution is 7.90. The van der Waals surface area contributed by atoms with E-state index in [1.54, 1.807) is 126 Å². The van der Waals surface area contributed by atoms with Crippen LogP contribution in [0, 0.1) is 31.3 Å². The van der Waals surface area contributed by atoms with Gasteiger partial charge >= 0.3 is 12.1 Å². The monoisotopic (exact) mass is 1810 g/mol. The Morgan fingerprint density at radius 3 is 1.30 bits per heavy atom. The zero-order valence-electron chi connectivity index (χ0n) is 72.1. The number of carbonyl (C=O) groups excluding carboxylic acids is 6. The van der Waals surface area contributed by atoms with Crippen molar-refractivity contribution in [2.75, 3.05) is 93.1 Å². The Morgan fingerprint density at radius 2 is 0.877 bits per heavy atom. The fourth-order valence-electron chi connectivity index (χ4n) is 15.5. The summed E-state index contributed by atoms with van der Waals surface area (Å²) in [5.41, 5.74) is 13.7. The first-order valence-corrected chi connectivity index (χ1v) is 43.5. The predicted octanol–water partition coefficient (Wildman–Crippen LogP) is 16.0. The number of ether oxygens (including phenoxy) is 3. The molecule has 2 atom stereocenters. The molecule has 0 radical (unpaired) electrons. The van der Waals surface area contributed by atoms with Gasteiger partial charge in [0.25, 0.3) is 37.8 Å². The molecule has 14 aromatic rings. The number of benzene rings is 8. The standard InChI is InChI=1S/C37H33F4N5O6S.C30H27FN4O4S.C28H28FN5O3/c1-21-11-13-24(14-12-21)53(50,51)46-20-28(25-8-5-6-10-31(25)52-4)26-17-23(19-42-33(26)46)22-16-27(35(48)44(2)3)32(29(38)18-22)43-34(47)30-9-7-15-45(30)36(49)37(39,40)41;1-18-9-11-21(12-10-18)40(37,38)35-17-25(22-7-5-6-8-27(22)39-4)23-14-20(16-33-29(23)35)19-13-24(30(36)34(2)3)28(32)26(31)15-19;1-34(2)28(36)20-11-16(13-22(29)25(20)33-27(35)23-8-6-10-30-23)17-12-19-21(15-32-26(19)31-14-17)18-7-4-5-9-24(18)37-3/h5-6,8,10-14,16-20,30H,7,9,15H2,1-4H3,(H,43,47);5-17H,32H2,1-4H3;4-5,7,9,11-15,23,30H,6,8,10H2,1-3H3,(H,31,32)(H,33,35)/t30-;;23-/m0.0/s1. The van der Waals surface area contributed by atoms with Crippen LogP contribution in [-0.2, 0) is 34.4 Å². The Morgan fingerprint density at radius 1 is 0.477 bits per heavy atom. The van der Waals surface area contributed by atoms with E-state index < -0.39 is 91.0 Å². The molecular formula is C95H88F6N14O13S2. The number of fused-ring (bicyclic) bond motifs is 3. The lowest BCUT2D eigenvalue weighted by molar-refractivity contribution is -0.186. The highest BCUT2D eigenvalue weighted by Crippen LogP contribution is 2.44. The van der Waals surface area contributed by atoms with Crippen LogP contribution in [0.1, 0.15) is 67.9 Å². The number of nitrogens with zero attached hydrogens (tertiary/aromatic N) is 9. The number of aromatic amines is 1. The van der Waals surface area contributed by atoms with Crippen molar-refractivity contribution in [1.82, 2.24) is 52.8 Å². The van der Waals surface area contributed by atoms with Crippen LogP contribution < -0.4 is 35.9 Å². The molecule has 6 aromatic heterocycles. The zero-order chi connectivity index (χ0) is 93.3. The first kappa shape index (κ1) is 91.5. The number of nitrogens with two attached hydrogens (primary N) is 1. The number of likely N-dealkylation sites (tertiary alicyclic amines) is 1. The molecule has 670 valence electrons. The average Bonchev–Trinajstić information content (AvgIpc) is 1.58. The topological polar surface area (TPSA) is 338 Å². The second-order valence-electron chi connectivity index (χ2n) is 31.5. The van der Waals surface area contributed by atoms with Crippen LogP contribution in [-0.4, -0.2) is 195 Å². The van der Waals surface area contributed by atoms with Crippen LogP contribution >= 0.6 is 0 Å². The van der Waals surface area contributed by atoms with Crippen molar-refractivity contribution in [2.24, 2.45) is 0 Å². The third-order valence-corrected chi connectivity index (χ3v) is 25.6. The lowest BCUT2D eigenvalue weighted by atomic mass is 9.99. The van der Waals surface area contributed by atoms with E-state index in [1.807, 2.05) is 68.6 Å². The first-order valence-electron chi connectivity index (χ1n) is 40.6. The van der Waals surface area contributed by atoms with E-state index in [2.05, 4.69) is 35.9 Å². The lowest BCUT2D eigenvalue weighted by Gasteiger charge is -2.25. The molecule has 2 aliphatic heterocycles. The Labute approximate surface area is 743 Å². The van der Waals surface area contributed by atoms with Gasteiger partial charge < -0.3 is 60.5 Å². The van der Waals surface area contributed by atoms with Crippen LogP contribution in [0.15, 0.2) is 223 Å². The number of carbonyl (C=O) groups is 6. The van der Waals surface area contributed by atoms with Crippen LogP contribution in [0.2, 0.25) is 0 Å². The SMILES string of the molecule is COc1ccccc1-c1c[nH]c2ncc(-c3cc(F)c(NC(=O)[C@@H]4CCCN4)c(C(=O)N(C)C)c3)cc12.COc1ccccc1-c1cn(S(=O)(=O)c2ccc(C)cc2)c2ncc(-c3cc(F)c(N)c(C(=O)N(C)C)c3)cc12.COc1ccccc1-c1cn(S(=O)(=O)c2ccc(C)cc2)c2ncc(-c3cc(F)c(NC(=O)[C@@H]4CCCN4C(=O)C(F)(F)F)c(C(=O)N(C)C)c3)cc12. The summed E-state index contributed by atoms with van der Waals surface area (Å²) in [5, 5.41) is 9.67. The summed E-state index contributed by atoms with van der Waals surface area (Å²) in [6.45, 7) is 4.12. The quantitative estimate of drug-likeness (QED) is 0.0349. The second-order valence-corrected chi connectivity index (χ2v) is 35.1. The fraction of sp³-hybridized carbons (Fsp3) is 0.211. The number of amides is 6. The highest BCUT2D eigenvalue weighted by Gasteiger charge is 2.48. The van der Waals surface area contributed by atoms with Crippen LogP contribution in [0.4, 0.5) is 43.4 Å². The summed E-state index contributed by atoms with van der Waals surface area (Å²) < 4.78 is 160.